The predicted molar refractivity (Wildman–Crippen MR) is 88.9 cm³/mol. The summed E-state index contributed by atoms with van der Waals surface area (Å²) in [5.74, 6) is 0.172. The zero-order valence-electron chi connectivity index (χ0n) is 11.3. The van der Waals surface area contributed by atoms with E-state index in [0.29, 0.717) is 22.1 Å². The fraction of sp³-hybridized carbons (Fsp3) is 0.133. The van der Waals surface area contributed by atoms with Gasteiger partial charge in [0.2, 0.25) is 0 Å². The maximum atomic E-state index is 11.9. The lowest BCUT2D eigenvalue weighted by Gasteiger charge is -2.11. The zero-order valence-corrected chi connectivity index (χ0v) is 13.7. The number of aryl methyl sites for hydroxylation is 1. The Morgan fingerprint density at radius 3 is 2.86 bits per heavy atom. The number of nitrogens with one attached hydrogen (secondary N) is 1. The van der Waals surface area contributed by atoms with Crippen molar-refractivity contribution in [1.82, 2.24) is 0 Å². The molecule has 0 aliphatic carbocycles. The molecule has 3 N–H and O–H groups in total. The molecule has 6 heteroatoms. The molecule has 2 aromatic rings. The molecule has 2 rings (SSSR count). The van der Waals surface area contributed by atoms with Gasteiger partial charge in [-0.1, -0.05) is 33.6 Å². The molecule has 0 fully saturated rings. The third-order valence-corrected chi connectivity index (χ3v) is 3.59. The monoisotopic (exact) mass is 368 g/mol. The molecule has 0 atom stereocenters. The molecule has 0 bridgehead atoms. The molecular formula is C15H14BrClN2O2. The Morgan fingerprint density at radius 1 is 1.33 bits per heavy atom. The minimum Gasteiger partial charge on any atom is -0.482 e. The van der Waals surface area contributed by atoms with E-state index in [9.17, 15) is 4.79 Å². The first kappa shape index (κ1) is 15.7. The molecule has 0 saturated heterocycles. The number of nitrogens with two attached hydrogens (primary N) is 1. The van der Waals surface area contributed by atoms with Crippen LogP contribution in [0.2, 0.25) is 5.02 Å². The molecule has 4 nitrogen and oxygen atoms in total. The fourth-order valence-corrected chi connectivity index (χ4v) is 2.20. The fourth-order valence-electron chi connectivity index (χ4n) is 1.69. The van der Waals surface area contributed by atoms with Gasteiger partial charge in [-0.2, -0.15) is 0 Å². The summed E-state index contributed by atoms with van der Waals surface area (Å²) in [6, 6.07) is 10.5. The highest BCUT2D eigenvalue weighted by atomic mass is 79.9. The van der Waals surface area contributed by atoms with Gasteiger partial charge < -0.3 is 15.8 Å². The summed E-state index contributed by atoms with van der Waals surface area (Å²) in [6.45, 7) is 1.76. The van der Waals surface area contributed by atoms with E-state index in [-0.39, 0.29) is 12.5 Å². The SMILES string of the molecule is Cc1ccc(N)cc1NC(=O)COc1cc(Br)ccc1Cl. The third kappa shape index (κ3) is 4.37. The maximum absolute atomic E-state index is 11.9. The third-order valence-electron chi connectivity index (χ3n) is 2.79. The van der Waals surface area contributed by atoms with Gasteiger partial charge in [0.1, 0.15) is 5.75 Å². The summed E-state index contributed by atoms with van der Waals surface area (Å²) < 4.78 is 6.24. The van der Waals surface area contributed by atoms with E-state index >= 15 is 0 Å². The van der Waals surface area contributed by atoms with Crippen molar-refractivity contribution < 1.29 is 9.53 Å². The first-order valence-electron chi connectivity index (χ1n) is 6.19. The van der Waals surface area contributed by atoms with Crippen LogP contribution in [0.4, 0.5) is 11.4 Å². The van der Waals surface area contributed by atoms with Crippen molar-refractivity contribution in [3.05, 3.63) is 51.5 Å². The van der Waals surface area contributed by atoms with Crippen LogP contribution in [0.5, 0.6) is 5.75 Å². The minimum atomic E-state index is -0.278. The van der Waals surface area contributed by atoms with Crippen LogP contribution in [0.25, 0.3) is 0 Å². The first-order chi connectivity index (χ1) is 9.95. The van der Waals surface area contributed by atoms with Gasteiger partial charge in [0, 0.05) is 15.8 Å². The van der Waals surface area contributed by atoms with Crippen LogP contribution in [-0.2, 0) is 4.79 Å². The predicted octanol–water partition coefficient (Wildman–Crippen LogP) is 4.01. The lowest BCUT2D eigenvalue weighted by Crippen LogP contribution is -2.20. The number of rotatable bonds is 4. The lowest BCUT2D eigenvalue weighted by molar-refractivity contribution is -0.118. The number of nitrogen functional groups attached to an aromatic ring is 1. The van der Waals surface area contributed by atoms with Crippen molar-refractivity contribution in [1.29, 1.82) is 0 Å². The second-order valence-corrected chi connectivity index (χ2v) is 5.81. The summed E-state index contributed by atoms with van der Waals surface area (Å²) in [5.41, 5.74) is 7.89. The van der Waals surface area contributed by atoms with E-state index < -0.39 is 0 Å². The molecule has 110 valence electrons. The van der Waals surface area contributed by atoms with Gasteiger partial charge in [-0.3, -0.25) is 4.79 Å². The summed E-state index contributed by atoms with van der Waals surface area (Å²) in [4.78, 5) is 11.9. The number of ether oxygens (including phenoxy) is 1. The second-order valence-electron chi connectivity index (χ2n) is 4.49. The summed E-state index contributed by atoms with van der Waals surface area (Å²) in [7, 11) is 0. The average Bonchev–Trinajstić information content (AvgIpc) is 2.44. The second kappa shape index (κ2) is 6.83. The smallest absolute Gasteiger partial charge is 0.262 e. The number of anilines is 2. The Hall–Kier alpha value is -1.72. The number of benzene rings is 2. The molecule has 0 heterocycles. The van der Waals surface area contributed by atoms with E-state index in [0.717, 1.165) is 10.0 Å². The van der Waals surface area contributed by atoms with Crippen LogP contribution in [0.15, 0.2) is 40.9 Å². The summed E-state index contributed by atoms with van der Waals surface area (Å²) in [5, 5.41) is 3.21. The van der Waals surface area contributed by atoms with Crippen molar-refractivity contribution in [3.63, 3.8) is 0 Å². The van der Waals surface area contributed by atoms with Crippen molar-refractivity contribution in [3.8, 4) is 5.75 Å². The van der Waals surface area contributed by atoms with Crippen LogP contribution in [0.3, 0.4) is 0 Å². The molecule has 0 saturated carbocycles. The van der Waals surface area contributed by atoms with Crippen molar-refractivity contribution in [2.24, 2.45) is 0 Å². The topological polar surface area (TPSA) is 64.3 Å². The van der Waals surface area contributed by atoms with Gasteiger partial charge >= 0.3 is 0 Å². The molecule has 0 aliphatic heterocycles. The van der Waals surface area contributed by atoms with E-state index in [1.165, 1.54) is 0 Å². The molecule has 2 aromatic carbocycles. The molecule has 1 amide bonds. The van der Waals surface area contributed by atoms with Gasteiger partial charge in [-0.15, -0.1) is 0 Å². The first-order valence-corrected chi connectivity index (χ1v) is 7.36. The highest BCUT2D eigenvalue weighted by Gasteiger charge is 2.08. The Balaban J connectivity index is 1.99. The van der Waals surface area contributed by atoms with Gasteiger partial charge in [-0.05, 0) is 42.8 Å². The van der Waals surface area contributed by atoms with Crippen LogP contribution in [0.1, 0.15) is 5.56 Å². The van der Waals surface area contributed by atoms with E-state index in [1.54, 1.807) is 30.3 Å². The molecule has 0 aliphatic rings. The van der Waals surface area contributed by atoms with Gasteiger partial charge in [0.25, 0.3) is 5.91 Å². The molecule has 0 radical (unpaired) electrons. The normalized spacial score (nSPS) is 10.2. The van der Waals surface area contributed by atoms with E-state index in [2.05, 4.69) is 21.2 Å². The average molecular weight is 370 g/mol. The minimum absolute atomic E-state index is 0.135. The molecule has 0 aromatic heterocycles. The number of carbonyl (C=O) groups excluding carboxylic acids is 1. The van der Waals surface area contributed by atoms with Crippen LogP contribution < -0.4 is 15.8 Å². The Labute approximate surface area is 136 Å². The summed E-state index contributed by atoms with van der Waals surface area (Å²) in [6.07, 6.45) is 0. The van der Waals surface area contributed by atoms with Crippen molar-refractivity contribution in [2.45, 2.75) is 6.92 Å². The number of amides is 1. The number of halogens is 2. The maximum Gasteiger partial charge on any atom is 0.262 e. The Bertz CT molecular complexity index is 677. The van der Waals surface area contributed by atoms with Crippen molar-refractivity contribution >= 4 is 44.8 Å². The van der Waals surface area contributed by atoms with Crippen molar-refractivity contribution in [2.75, 3.05) is 17.7 Å². The largest absolute Gasteiger partial charge is 0.482 e. The number of hydrogen-bond donors (Lipinski definition) is 2. The molecule has 21 heavy (non-hydrogen) atoms. The molecule has 0 unspecified atom stereocenters. The number of carbonyl (C=O) groups is 1. The molecular weight excluding hydrogens is 356 g/mol. The van der Waals surface area contributed by atoms with E-state index in [4.69, 9.17) is 22.1 Å². The summed E-state index contributed by atoms with van der Waals surface area (Å²) >= 11 is 9.31. The highest BCUT2D eigenvalue weighted by Crippen LogP contribution is 2.28. The Kier molecular flexibility index (Phi) is 5.09. The van der Waals surface area contributed by atoms with Crippen LogP contribution in [-0.4, -0.2) is 12.5 Å². The number of hydrogen-bond acceptors (Lipinski definition) is 3. The zero-order chi connectivity index (χ0) is 15.4. The van der Waals surface area contributed by atoms with Gasteiger partial charge in [0.15, 0.2) is 6.61 Å². The van der Waals surface area contributed by atoms with Crippen LogP contribution in [0, 0.1) is 6.92 Å². The Morgan fingerprint density at radius 2 is 2.10 bits per heavy atom. The molecule has 0 spiro atoms. The van der Waals surface area contributed by atoms with Crippen LogP contribution >= 0.6 is 27.5 Å². The standard InChI is InChI=1S/C15H14BrClN2O2/c1-9-2-4-11(18)7-13(9)19-15(20)8-21-14-6-10(16)3-5-12(14)17/h2-7H,8,18H2,1H3,(H,19,20). The van der Waals surface area contributed by atoms with E-state index in [1.807, 2.05) is 13.0 Å². The van der Waals surface area contributed by atoms with Gasteiger partial charge in [0.05, 0.1) is 5.02 Å². The quantitative estimate of drug-likeness (QED) is 0.800. The van der Waals surface area contributed by atoms with Gasteiger partial charge in [-0.25, -0.2) is 0 Å². The highest BCUT2D eigenvalue weighted by molar-refractivity contribution is 9.10. The lowest BCUT2D eigenvalue weighted by atomic mass is 10.2.